The highest BCUT2D eigenvalue weighted by molar-refractivity contribution is 7.08. The molecule has 3 unspecified atom stereocenters. The molecule has 2 aliphatic heterocycles. The topological polar surface area (TPSA) is 15.3 Å². The van der Waals surface area contributed by atoms with Crippen molar-refractivity contribution in [3.8, 4) is 0 Å². The van der Waals surface area contributed by atoms with Gasteiger partial charge in [-0.15, -0.1) is 0 Å². The zero-order valence-corrected chi connectivity index (χ0v) is 9.09. The van der Waals surface area contributed by atoms with E-state index in [1.165, 1.54) is 38.2 Å². The SMILES string of the molecule is c1cc(NC2CCN3CCC2C3)cs1. The van der Waals surface area contributed by atoms with E-state index in [1.54, 1.807) is 11.3 Å². The van der Waals surface area contributed by atoms with Gasteiger partial charge in [0.1, 0.15) is 0 Å². The Morgan fingerprint density at radius 1 is 1.36 bits per heavy atom. The lowest BCUT2D eigenvalue weighted by Gasteiger charge is -2.31. The second-order valence-electron chi connectivity index (χ2n) is 4.40. The van der Waals surface area contributed by atoms with Crippen LogP contribution < -0.4 is 5.32 Å². The summed E-state index contributed by atoms with van der Waals surface area (Å²) in [5.74, 6) is 0.892. The number of nitrogens with zero attached hydrogens (tertiary/aromatic N) is 1. The molecule has 0 aromatic carbocycles. The first-order chi connectivity index (χ1) is 6.92. The van der Waals surface area contributed by atoms with Crippen LogP contribution in [0.3, 0.4) is 0 Å². The highest BCUT2D eigenvalue weighted by Gasteiger charge is 2.33. The monoisotopic (exact) mass is 208 g/mol. The van der Waals surface area contributed by atoms with Crippen LogP contribution in [0.15, 0.2) is 16.8 Å². The minimum absolute atomic E-state index is 0.725. The third-order valence-corrected chi connectivity index (χ3v) is 4.19. The lowest BCUT2D eigenvalue weighted by atomic mass is 9.94. The predicted octanol–water partition coefficient (Wildman–Crippen LogP) is 2.25. The number of hydrogen-bond donors (Lipinski definition) is 1. The Hall–Kier alpha value is -0.540. The first-order valence-corrected chi connectivity index (χ1v) is 6.37. The second-order valence-corrected chi connectivity index (χ2v) is 5.18. The van der Waals surface area contributed by atoms with Crippen molar-refractivity contribution in [1.82, 2.24) is 4.90 Å². The quantitative estimate of drug-likeness (QED) is 0.802. The summed E-state index contributed by atoms with van der Waals surface area (Å²) in [7, 11) is 0. The van der Waals surface area contributed by atoms with E-state index in [9.17, 15) is 0 Å². The average Bonchev–Trinajstić information content (AvgIpc) is 2.80. The van der Waals surface area contributed by atoms with E-state index in [1.807, 2.05) is 0 Å². The first kappa shape index (κ1) is 8.74. The highest BCUT2D eigenvalue weighted by Crippen LogP contribution is 2.29. The third-order valence-electron chi connectivity index (χ3n) is 3.51. The van der Waals surface area contributed by atoms with E-state index >= 15 is 0 Å². The smallest absolute Gasteiger partial charge is 0.0451 e. The number of fused-ring (bicyclic) bond motifs is 2. The van der Waals surface area contributed by atoms with Crippen molar-refractivity contribution < 1.29 is 0 Å². The normalized spacial score (nSPS) is 35.9. The molecule has 14 heavy (non-hydrogen) atoms. The molecule has 3 atom stereocenters. The molecule has 3 heteroatoms. The van der Waals surface area contributed by atoms with Crippen LogP contribution in [-0.2, 0) is 0 Å². The molecule has 2 fully saturated rings. The van der Waals surface area contributed by atoms with Crippen LogP contribution in [0.4, 0.5) is 5.69 Å². The summed E-state index contributed by atoms with van der Waals surface area (Å²) in [6.45, 7) is 3.94. The van der Waals surface area contributed by atoms with Crippen molar-refractivity contribution in [3.63, 3.8) is 0 Å². The van der Waals surface area contributed by atoms with Crippen LogP contribution in [0.2, 0.25) is 0 Å². The number of rotatable bonds is 2. The summed E-state index contributed by atoms with van der Waals surface area (Å²) in [5.41, 5.74) is 1.32. The van der Waals surface area contributed by atoms with E-state index in [0.29, 0.717) is 0 Å². The number of piperidine rings is 1. The van der Waals surface area contributed by atoms with Gasteiger partial charge in [0, 0.05) is 30.2 Å². The van der Waals surface area contributed by atoms with E-state index in [-0.39, 0.29) is 0 Å². The third kappa shape index (κ3) is 1.55. The molecule has 2 nitrogen and oxygen atoms in total. The van der Waals surface area contributed by atoms with Gasteiger partial charge in [0.05, 0.1) is 0 Å². The molecule has 1 aromatic heterocycles. The van der Waals surface area contributed by atoms with Crippen LogP contribution in [0.5, 0.6) is 0 Å². The second kappa shape index (κ2) is 3.55. The van der Waals surface area contributed by atoms with Crippen LogP contribution in [-0.4, -0.2) is 30.6 Å². The molecule has 2 saturated heterocycles. The Kier molecular flexibility index (Phi) is 2.22. The molecule has 0 radical (unpaired) electrons. The largest absolute Gasteiger partial charge is 0.381 e. The molecule has 1 aromatic rings. The van der Waals surface area contributed by atoms with Gasteiger partial charge in [-0.3, -0.25) is 0 Å². The van der Waals surface area contributed by atoms with Gasteiger partial charge in [-0.25, -0.2) is 0 Å². The minimum Gasteiger partial charge on any atom is -0.381 e. The van der Waals surface area contributed by atoms with Crippen LogP contribution >= 0.6 is 11.3 Å². The van der Waals surface area contributed by atoms with E-state index in [2.05, 4.69) is 27.0 Å². The number of hydrogen-bond acceptors (Lipinski definition) is 3. The van der Waals surface area contributed by atoms with Gasteiger partial charge in [0.2, 0.25) is 0 Å². The highest BCUT2D eigenvalue weighted by atomic mass is 32.1. The Morgan fingerprint density at radius 2 is 2.29 bits per heavy atom. The van der Waals surface area contributed by atoms with Crippen molar-refractivity contribution in [2.45, 2.75) is 18.9 Å². The molecule has 3 heterocycles. The van der Waals surface area contributed by atoms with Crippen LogP contribution in [0, 0.1) is 5.92 Å². The molecule has 2 bridgehead atoms. The molecule has 0 aliphatic carbocycles. The zero-order chi connectivity index (χ0) is 9.38. The van der Waals surface area contributed by atoms with Gasteiger partial charge in [-0.05, 0) is 36.8 Å². The van der Waals surface area contributed by atoms with Crippen molar-refractivity contribution in [1.29, 1.82) is 0 Å². The Balaban J connectivity index is 1.67. The Morgan fingerprint density at radius 3 is 3.14 bits per heavy atom. The fourth-order valence-electron chi connectivity index (χ4n) is 2.70. The van der Waals surface area contributed by atoms with Crippen molar-refractivity contribution in [2.24, 2.45) is 5.92 Å². The summed E-state index contributed by atoms with van der Waals surface area (Å²) < 4.78 is 0. The Labute approximate surface area is 88.9 Å². The van der Waals surface area contributed by atoms with Crippen molar-refractivity contribution >= 4 is 17.0 Å². The maximum Gasteiger partial charge on any atom is 0.0451 e. The summed E-state index contributed by atoms with van der Waals surface area (Å²) in [6, 6.07) is 2.91. The molecule has 3 rings (SSSR count). The molecule has 0 amide bonds. The maximum atomic E-state index is 3.67. The van der Waals surface area contributed by atoms with Gasteiger partial charge in [0.25, 0.3) is 0 Å². The molecule has 2 aliphatic rings. The fourth-order valence-corrected chi connectivity index (χ4v) is 3.30. The molecular weight excluding hydrogens is 192 g/mol. The molecule has 76 valence electrons. The van der Waals surface area contributed by atoms with Gasteiger partial charge in [0.15, 0.2) is 0 Å². The van der Waals surface area contributed by atoms with Gasteiger partial charge < -0.3 is 10.2 Å². The molecule has 0 saturated carbocycles. The molecule has 1 N–H and O–H groups in total. The number of anilines is 1. The van der Waals surface area contributed by atoms with E-state index in [0.717, 1.165) is 12.0 Å². The summed E-state index contributed by atoms with van der Waals surface area (Å²) >= 11 is 1.77. The van der Waals surface area contributed by atoms with E-state index in [4.69, 9.17) is 0 Å². The molecular formula is C11H16N2S. The number of thiophene rings is 1. The minimum atomic E-state index is 0.725. The maximum absolute atomic E-state index is 3.67. The lowest BCUT2D eigenvalue weighted by Crippen LogP contribution is -2.39. The van der Waals surface area contributed by atoms with Gasteiger partial charge in [-0.2, -0.15) is 11.3 Å². The van der Waals surface area contributed by atoms with Crippen molar-refractivity contribution in [3.05, 3.63) is 16.8 Å². The number of nitrogens with one attached hydrogen (secondary N) is 1. The Bertz CT molecular complexity index is 296. The van der Waals surface area contributed by atoms with E-state index < -0.39 is 0 Å². The van der Waals surface area contributed by atoms with Crippen LogP contribution in [0.1, 0.15) is 12.8 Å². The average molecular weight is 208 g/mol. The summed E-state index contributed by atoms with van der Waals surface area (Å²) in [4.78, 5) is 2.59. The first-order valence-electron chi connectivity index (χ1n) is 5.43. The van der Waals surface area contributed by atoms with Crippen LogP contribution in [0.25, 0.3) is 0 Å². The fraction of sp³-hybridized carbons (Fsp3) is 0.636. The zero-order valence-electron chi connectivity index (χ0n) is 8.28. The van der Waals surface area contributed by atoms with Gasteiger partial charge >= 0.3 is 0 Å². The standard InChI is InChI=1S/C11H16N2S/c1-4-13-5-2-11(9(1)7-13)12-10-3-6-14-8-10/h3,6,8-9,11-12H,1-2,4-5,7H2. The molecule has 0 spiro atoms. The lowest BCUT2D eigenvalue weighted by molar-refractivity contribution is 0.255. The van der Waals surface area contributed by atoms with Gasteiger partial charge in [-0.1, -0.05) is 0 Å². The predicted molar refractivity (Wildman–Crippen MR) is 60.9 cm³/mol. The summed E-state index contributed by atoms with van der Waals surface area (Å²) in [5, 5.41) is 8.03. The summed E-state index contributed by atoms with van der Waals surface area (Å²) in [6.07, 6.45) is 2.71. The van der Waals surface area contributed by atoms with Crippen molar-refractivity contribution in [2.75, 3.05) is 25.0 Å².